The fourth-order valence-corrected chi connectivity index (χ4v) is 3.83. The molecule has 1 spiro atoms. The highest BCUT2D eigenvalue weighted by Crippen LogP contribution is 2.40. The highest BCUT2D eigenvalue weighted by atomic mass is 16.5. The number of amides is 1. The Morgan fingerprint density at radius 1 is 1.12 bits per heavy atom. The molecule has 26 heavy (non-hydrogen) atoms. The molecule has 1 fully saturated rings. The van der Waals surface area contributed by atoms with E-state index in [4.69, 9.17) is 10.00 Å². The molecule has 0 saturated carbocycles. The van der Waals surface area contributed by atoms with Gasteiger partial charge < -0.3 is 9.64 Å². The molecule has 2 aliphatic heterocycles. The molecular formula is C22H20N2O2. The molecule has 0 N–H and O–H groups in total. The van der Waals surface area contributed by atoms with Crippen molar-refractivity contribution in [3.63, 3.8) is 0 Å². The quantitative estimate of drug-likeness (QED) is 0.827. The standard InChI is InChI=1S/C22H20N2O2/c23-14-17-7-9-18(10-8-17)20-13-22(26-15-20)11-4-12-24(16-22)21(25)19-5-2-1-3-6-19/h1-3,5-10,15H,4,11-13,16H2. The summed E-state index contributed by atoms with van der Waals surface area (Å²) in [5.74, 6) is 0.0695. The van der Waals surface area contributed by atoms with Gasteiger partial charge in [0.15, 0.2) is 0 Å². The highest BCUT2D eigenvalue weighted by molar-refractivity contribution is 5.94. The minimum Gasteiger partial charge on any atom is -0.492 e. The smallest absolute Gasteiger partial charge is 0.253 e. The van der Waals surface area contributed by atoms with Crippen molar-refractivity contribution >= 4 is 11.5 Å². The lowest BCUT2D eigenvalue weighted by Gasteiger charge is -2.39. The first-order chi connectivity index (χ1) is 12.7. The molecule has 1 amide bonds. The second-order valence-electron chi connectivity index (χ2n) is 7.01. The Hall–Kier alpha value is -3.06. The van der Waals surface area contributed by atoms with E-state index >= 15 is 0 Å². The van der Waals surface area contributed by atoms with Crippen LogP contribution in [0.5, 0.6) is 0 Å². The lowest BCUT2D eigenvalue weighted by atomic mass is 9.86. The zero-order chi connectivity index (χ0) is 18.0. The molecule has 2 aromatic carbocycles. The summed E-state index contributed by atoms with van der Waals surface area (Å²) in [5, 5.41) is 8.94. The molecule has 2 aromatic rings. The molecule has 4 rings (SSSR count). The average Bonchev–Trinajstić information content (AvgIpc) is 3.11. The molecule has 0 bridgehead atoms. The molecule has 1 unspecified atom stereocenters. The average molecular weight is 344 g/mol. The molecule has 2 heterocycles. The second-order valence-corrected chi connectivity index (χ2v) is 7.01. The molecule has 4 nitrogen and oxygen atoms in total. The summed E-state index contributed by atoms with van der Waals surface area (Å²) in [6.07, 6.45) is 4.50. The summed E-state index contributed by atoms with van der Waals surface area (Å²) in [7, 11) is 0. The van der Waals surface area contributed by atoms with E-state index in [1.807, 2.05) is 65.8 Å². The van der Waals surface area contributed by atoms with Crippen molar-refractivity contribution in [1.82, 2.24) is 4.90 Å². The molecular weight excluding hydrogens is 324 g/mol. The zero-order valence-electron chi connectivity index (χ0n) is 14.5. The van der Waals surface area contributed by atoms with Crippen molar-refractivity contribution in [3.8, 4) is 6.07 Å². The number of rotatable bonds is 2. The van der Waals surface area contributed by atoms with Gasteiger partial charge in [0.05, 0.1) is 24.4 Å². The van der Waals surface area contributed by atoms with Gasteiger partial charge in [-0.3, -0.25) is 4.79 Å². The number of benzene rings is 2. The molecule has 0 radical (unpaired) electrons. The van der Waals surface area contributed by atoms with Crippen molar-refractivity contribution in [2.45, 2.75) is 24.9 Å². The number of carbonyl (C=O) groups excluding carboxylic acids is 1. The Morgan fingerprint density at radius 2 is 1.88 bits per heavy atom. The van der Waals surface area contributed by atoms with E-state index in [2.05, 4.69) is 6.07 Å². The molecule has 0 aromatic heterocycles. The second kappa shape index (κ2) is 6.68. The van der Waals surface area contributed by atoms with Crippen LogP contribution in [-0.2, 0) is 4.74 Å². The number of hydrogen-bond donors (Lipinski definition) is 0. The maximum Gasteiger partial charge on any atom is 0.253 e. The van der Waals surface area contributed by atoms with E-state index in [-0.39, 0.29) is 11.5 Å². The van der Waals surface area contributed by atoms with Gasteiger partial charge in [0.2, 0.25) is 0 Å². The zero-order valence-corrected chi connectivity index (χ0v) is 14.5. The number of nitrogens with zero attached hydrogens (tertiary/aromatic N) is 2. The van der Waals surface area contributed by atoms with E-state index in [0.717, 1.165) is 42.5 Å². The molecule has 4 heteroatoms. The summed E-state index contributed by atoms with van der Waals surface area (Å²) in [4.78, 5) is 14.7. The Kier molecular flexibility index (Phi) is 4.22. The van der Waals surface area contributed by atoms with Crippen LogP contribution >= 0.6 is 0 Å². The number of nitriles is 1. The monoisotopic (exact) mass is 344 g/mol. The van der Waals surface area contributed by atoms with Gasteiger partial charge >= 0.3 is 0 Å². The van der Waals surface area contributed by atoms with Crippen LogP contribution in [-0.4, -0.2) is 29.5 Å². The third kappa shape index (κ3) is 3.09. The van der Waals surface area contributed by atoms with Crippen LogP contribution < -0.4 is 0 Å². The van der Waals surface area contributed by atoms with Gasteiger partial charge in [-0.05, 0) is 48.2 Å². The lowest BCUT2D eigenvalue weighted by Crippen LogP contribution is -2.50. The van der Waals surface area contributed by atoms with Crippen LogP contribution in [0.1, 0.15) is 40.7 Å². The van der Waals surface area contributed by atoms with Crippen molar-refractivity contribution in [1.29, 1.82) is 5.26 Å². The van der Waals surface area contributed by atoms with Crippen molar-refractivity contribution < 1.29 is 9.53 Å². The SMILES string of the molecule is N#Cc1ccc(C2=COC3(CCCN(C(=O)c4ccccc4)C3)C2)cc1. The maximum atomic E-state index is 12.8. The largest absolute Gasteiger partial charge is 0.492 e. The van der Waals surface area contributed by atoms with Crippen molar-refractivity contribution in [2.75, 3.05) is 13.1 Å². The predicted molar refractivity (Wildman–Crippen MR) is 99.1 cm³/mol. The highest BCUT2D eigenvalue weighted by Gasteiger charge is 2.42. The number of likely N-dealkylation sites (tertiary alicyclic amines) is 1. The van der Waals surface area contributed by atoms with Crippen LogP contribution in [0.25, 0.3) is 5.57 Å². The molecule has 1 saturated heterocycles. The van der Waals surface area contributed by atoms with Crippen LogP contribution in [0.4, 0.5) is 0 Å². The Bertz CT molecular complexity index is 881. The van der Waals surface area contributed by atoms with Crippen molar-refractivity contribution in [3.05, 3.63) is 77.5 Å². The Morgan fingerprint density at radius 3 is 2.62 bits per heavy atom. The summed E-state index contributed by atoms with van der Waals surface area (Å²) in [5.41, 5.74) is 3.25. The Labute approximate surface area is 153 Å². The Balaban J connectivity index is 1.48. The van der Waals surface area contributed by atoms with E-state index in [0.29, 0.717) is 12.1 Å². The molecule has 2 aliphatic rings. The number of carbonyl (C=O) groups is 1. The maximum absolute atomic E-state index is 12.8. The van der Waals surface area contributed by atoms with Crippen LogP contribution in [0.2, 0.25) is 0 Å². The van der Waals surface area contributed by atoms with Crippen LogP contribution in [0.15, 0.2) is 60.9 Å². The third-order valence-corrected chi connectivity index (χ3v) is 5.20. The fraction of sp³-hybridized carbons (Fsp3) is 0.273. The number of piperidine rings is 1. The summed E-state index contributed by atoms with van der Waals surface area (Å²) in [6, 6.07) is 19.1. The number of hydrogen-bond acceptors (Lipinski definition) is 3. The lowest BCUT2D eigenvalue weighted by molar-refractivity contribution is -0.0190. The molecule has 130 valence electrons. The minimum atomic E-state index is -0.327. The van der Waals surface area contributed by atoms with E-state index in [1.165, 1.54) is 0 Å². The first-order valence-electron chi connectivity index (χ1n) is 8.91. The van der Waals surface area contributed by atoms with Crippen LogP contribution in [0, 0.1) is 11.3 Å². The summed E-state index contributed by atoms with van der Waals surface area (Å²) < 4.78 is 6.10. The van der Waals surface area contributed by atoms with E-state index in [9.17, 15) is 4.79 Å². The normalized spacial score (nSPS) is 21.8. The summed E-state index contributed by atoms with van der Waals surface area (Å²) in [6.45, 7) is 1.38. The predicted octanol–water partition coefficient (Wildman–Crippen LogP) is 3.99. The van der Waals surface area contributed by atoms with E-state index in [1.54, 1.807) is 0 Å². The topological polar surface area (TPSA) is 53.3 Å². The molecule has 0 aliphatic carbocycles. The fourth-order valence-electron chi connectivity index (χ4n) is 3.83. The van der Waals surface area contributed by atoms with Gasteiger partial charge in [-0.2, -0.15) is 5.26 Å². The first-order valence-corrected chi connectivity index (χ1v) is 8.91. The van der Waals surface area contributed by atoms with Crippen LogP contribution in [0.3, 0.4) is 0 Å². The van der Waals surface area contributed by atoms with Crippen molar-refractivity contribution in [2.24, 2.45) is 0 Å². The van der Waals surface area contributed by atoms with Gasteiger partial charge in [-0.25, -0.2) is 0 Å². The third-order valence-electron chi connectivity index (χ3n) is 5.20. The summed E-state index contributed by atoms with van der Waals surface area (Å²) >= 11 is 0. The van der Waals surface area contributed by atoms with E-state index < -0.39 is 0 Å². The van der Waals surface area contributed by atoms with Gasteiger partial charge in [-0.15, -0.1) is 0 Å². The minimum absolute atomic E-state index is 0.0695. The molecule has 1 atom stereocenters. The van der Waals surface area contributed by atoms with Gasteiger partial charge in [-0.1, -0.05) is 30.3 Å². The van der Waals surface area contributed by atoms with Gasteiger partial charge in [0.1, 0.15) is 5.60 Å². The van der Waals surface area contributed by atoms with Gasteiger partial charge in [0.25, 0.3) is 5.91 Å². The van der Waals surface area contributed by atoms with Gasteiger partial charge in [0, 0.05) is 18.5 Å². The number of ether oxygens (including phenoxy) is 1. The first kappa shape index (κ1) is 16.4.